The van der Waals surface area contributed by atoms with E-state index in [9.17, 15) is 18.0 Å². The van der Waals surface area contributed by atoms with E-state index < -0.39 is 21.9 Å². The minimum absolute atomic E-state index is 0.00152. The summed E-state index contributed by atoms with van der Waals surface area (Å²) >= 11 is 11.9. The van der Waals surface area contributed by atoms with Crippen LogP contribution in [-0.4, -0.2) is 20.2 Å². The Labute approximate surface area is 175 Å². The highest BCUT2D eigenvalue weighted by Gasteiger charge is 2.25. The first kappa shape index (κ1) is 20.7. The van der Waals surface area contributed by atoms with Gasteiger partial charge in [0.15, 0.2) is 5.76 Å². The van der Waals surface area contributed by atoms with Crippen LogP contribution in [0.5, 0.6) is 5.75 Å². The second-order valence-electron chi connectivity index (χ2n) is 5.65. The van der Waals surface area contributed by atoms with Crippen molar-refractivity contribution in [3.05, 3.63) is 69.8 Å². The zero-order valence-corrected chi connectivity index (χ0v) is 16.8. The summed E-state index contributed by atoms with van der Waals surface area (Å²) < 4.78 is 33.5. The molecule has 2 aromatic carbocycles. The highest BCUT2D eigenvalue weighted by molar-refractivity contribution is 7.90. The lowest BCUT2D eigenvalue weighted by atomic mass is 10.1. The van der Waals surface area contributed by atoms with E-state index in [1.54, 1.807) is 0 Å². The van der Waals surface area contributed by atoms with Gasteiger partial charge in [0.05, 0.1) is 10.4 Å². The number of amides is 2. The number of primary amides is 1. The molecule has 8 nitrogen and oxygen atoms in total. The van der Waals surface area contributed by atoms with E-state index in [2.05, 4.69) is 11.9 Å². The molecule has 0 aliphatic carbocycles. The first-order valence-corrected chi connectivity index (χ1v) is 10.0. The fourth-order valence-electron chi connectivity index (χ4n) is 2.50. The molecule has 0 radical (unpaired) electrons. The molecule has 3 N–H and O–H groups in total. The number of carbonyl (C=O) groups is 2. The van der Waals surface area contributed by atoms with Crippen LogP contribution >= 0.6 is 23.2 Å². The minimum Gasteiger partial charge on any atom is -0.450 e. The molecule has 0 aliphatic rings. The van der Waals surface area contributed by atoms with Gasteiger partial charge in [-0.3, -0.25) is 4.79 Å². The van der Waals surface area contributed by atoms with Gasteiger partial charge in [-0.25, -0.2) is 4.79 Å². The van der Waals surface area contributed by atoms with E-state index in [1.807, 2.05) is 0 Å². The number of urea groups is 1. The second kappa shape index (κ2) is 7.78. The number of hydrogen-bond donors (Lipinski definition) is 2. The van der Waals surface area contributed by atoms with Gasteiger partial charge in [0.2, 0.25) is 5.78 Å². The van der Waals surface area contributed by atoms with Gasteiger partial charge in [0, 0.05) is 22.0 Å². The van der Waals surface area contributed by atoms with Gasteiger partial charge in [-0.1, -0.05) is 29.8 Å². The lowest BCUT2D eigenvalue weighted by Gasteiger charge is -2.05. The molecule has 0 fully saturated rings. The molecule has 0 bridgehead atoms. The minimum atomic E-state index is -4.00. The lowest BCUT2D eigenvalue weighted by Crippen LogP contribution is -2.20. The molecule has 2 amide bonds. The van der Waals surface area contributed by atoms with Crippen LogP contribution in [0.2, 0.25) is 10.0 Å². The van der Waals surface area contributed by atoms with Gasteiger partial charge >= 0.3 is 16.1 Å². The van der Waals surface area contributed by atoms with Crippen LogP contribution in [-0.2, 0) is 10.1 Å². The van der Waals surface area contributed by atoms with E-state index in [0.717, 1.165) is 0 Å². The number of rotatable bonds is 6. The summed E-state index contributed by atoms with van der Waals surface area (Å²) in [7, 11) is -4.00. The van der Waals surface area contributed by atoms with Crippen molar-refractivity contribution in [2.24, 2.45) is 5.73 Å². The van der Waals surface area contributed by atoms with Crippen molar-refractivity contribution in [3.63, 3.8) is 0 Å². The van der Waals surface area contributed by atoms with Gasteiger partial charge in [-0.2, -0.15) is 8.42 Å². The summed E-state index contributed by atoms with van der Waals surface area (Å²) in [4.78, 5) is 24.4. The van der Waals surface area contributed by atoms with Gasteiger partial charge in [-0.15, -0.1) is 0 Å². The summed E-state index contributed by atoms with van der Waals surface area (Å²) in [6.07, 6.45) is 0. The zero-order valence-electron chi connectivity index (χ0n) is 14.4. The number of hydrogen-bond acceptors (Lipinski definition) is 6. The van der Waals surface area contributed by atoms with Crippen molar-refractivity contribution in [1.29, 1.82) is 0 Å². The highest BCUT2D eigenvalue weighted by atomic mass is 35.5. The molecule has 1 heterocycles. The third-order valence-corrected chi connectivity index (χ3v) is 5.09. The number of carbonyl (C=O) groups excluding carboxylic acids is 2. The quantitative estimate of drug-likeness (QED) is 0.421. The Bertz CT molecular complexity index is 1270. The molecule has 3 aromatic rings. The molecule has 29 heavy (non-hydrogen) atoms. The number of furan rings is 1. The van der Waals surface area contributed by atoms with E-state index in [0.29, 0.717) is 15.8 Å². The van der Waals surface area contributed by atoms with Crippen molar-refractivity contribution < 1.29 is 26.6 Å². The van der Waals surface area contributed by atoms with Crippen LogP contribution in [0, 0.1) is 0 Å². The SMILES string of the molecule is C=CS(=O)(=O)Oc1ccc2c(NC(N)=O)c(C(=O)c3ccc(Cl)cc3Cl)oc2c1. The van der Waals surface area contributed by atoms with Gasteiger partial charge in [0.1, 0.15) is 17.0 Å². The van der Waals surface area contributed by atoms with Crippen LogP contribution in [0.25, 0.3) is 11.0 Å². The van der Waals surface area contributed by atoms with Crippen LogP contribution in [0.4, 0.5) is 10.5 Å². The van der Waals surface area contributed by atoms with E-state index in [-0.39, 0.29) is 33.4 Å². The fourth-order valence-corrected chi connectivity index (χ4v) is 3.43. The Hall–Kier alpha value is -3.01. The number of nitrogens with one attached hydrogen (secondary N) is 1. The summed E-state index contributed by atoms with van der Waals surface area (Å²) in [5.74, 6) is -0.986. The second-order valence-corrected chi connectivity index (χ2v) is 7.98. The van der Waals surface area contributed by atoms with Crippen molar-refractivity contribution in [2.45, 2.75) is 0 Å². The van der Waals surface area contributed by atoms with Gasteiger partial charge in [0.25, 0.3) is 0 Å². The number of nitrogens with two attached hydrogens (primary N) is 1. The van der Waals surface area contributed by atoms with Gasteiger partial charge < -0.3 is 19.7 Å². The van der Waals surface area contributed by atoms with Crippen molar-refractivity contribution in [2.75, 3.05) is 5.32 Å². The molecule has 150 valence electrons. The normalized spacial score (nSPS) is 11.2. The monoisotopic (exact) mass is 454 g/mol. The number of halogens is 2. The third kappa shape index (κ3) is 4.37. The van der Waals surface area contributed by atoms with E-state index in [4.69, 9.17) is 37.5 Å². The molecule has 0 saturated carbocycles. The molecule has 0 aliphatic heterocycles. The van der Waals surface area contributed by atoms with Crippen LogP contribution in [0.1, 0.15) is 16.1 Å². The molecule has 1 aromatic heterocycles. The number of ketones is 1. The zero-order chi connectivity index (χ0) is 21.3. The molecular weight excluding hydrogens is 443 g/mol. The standard InChI is InChI=1S/C18H12Cl2N2O6S/c1-2-29(25,26)28-10-4-6-12-14(8-10)27-17(15(12)22-18(21)24)16(23)11-5-3-9(19)7-13(11)20/h2-8H,1H2,(H3,21,22,24). The van der Waals surface area contributed by atoms with Crippen molar-refractivity contribution in [1.82, 2.24) is 0 Å². The smallest absolute Gasteiger partial charge is 0.331 e. The maximum Gasteiger partial charge on any atom is 0.331 e. The van der Waals surface area contributed by atoms with Crippen molar-refractivity contribution in [3.8, 4) is 5.75 Å². The molecule has 0 unspecified atom stereocenters. The number of fused-ring (bicyclic) bond motifs is 1. The molecular formula is C18H12Cl2N2O6S. The molecule has 11 heteroatoms. The van der Waals surface area contributed by atoms with E-state index in [1.165, 1.54) is 36.4 Å². The Morgan fingerprint density at radius 3 is 2.52 bits per heavy atom. The summed E-state index contributed by atoms with van der Waals surface area (Å²) in [5.41, 5.74) is 5.35. The molecule has 0 saturated heterocycles. The molecule has 0 spiro atoms. The summed E-state index contributed by atoms with van der Waals surface area (Å²) in [6.45, 7) is 3.15. The van der Waals surface area contributed by atoms with Crippen LogP contribution in [0.3, 0.4) is 0 Å². The van der Waals surface area contributed by atoms with Crippen LogP contribution in [0.15, 0.2) is 52.8 Å². The topological polar surface area (TPSA) is 129 Å². The number of benzene rings is 2. The Balaban J connectivity index is 2.15. The first-order chi connectivity index (χ1) is 13.6. The average Bonchev–Trinajstić information content (AvgIpc) is 2.98. The fraction of sp³-hybridized carbons (Fsp3) is 0. The predicted molar refractivity (Wildman–Crippen MR) is 109 cm³/mol. The molecule has 3 rings (SSSR count). The number of anilines is 1. The molecule has 0 atom stereocenters. The first-order valence-electron chi connectivity index (χ1n) is 7.81. The highest BCUT2D eigenvalue weighted by Crippen LogP contribution is 2.36. The maximum atomic E-state index is 13.0. The summed E-state index contributed by atoms with van der Waals surface area (Å²) in [6, 6.07) is 7.27. The average molecular weight is 455 g/mol. The Morgan fingerprint density at radius 1 is 1.17 bits per heavy atom. The third-order valence-electron chi connectivity index (χ3n) is 3.71. The van der Waals surface area contributed by atoms with Gasteiger partial charge in [-0.05, 0) is 30.3 Å². The summed E-state index contributed by atoms with van der Waals surface area (Å²) in [5, 5.41) is 3.67. The maximum absolute atomic E-state index is 13.0. The lowest BCUT2D eigenvalue weighted by molar-refractivity contribution is 0.101. The van der Waals surface area contributed by atoms with Crippen molar-refractivity contribution >= 4 is 61.8 Å². The Morgan fingerprint density at radius 2 is 1.90 bits per heavy atom. The van der Waals surface area contributed by atoms with Crippen LogP contribution < -0.4 is 15.2 Å². The van der Waals surface area contributed by atoms with E-state index >= 15 is 0 Å². The predicted octanol–water partition coefficient (Wildman–Crippen LogP) is 4.31. The Kier molecular flexibility index (Phi) is 5.56. The largest absolute Gasteiger partial charge is 0.450 e.